The summed E-state index contributed by atoms with van der Waals surface area (Å²) in [5.74, 6) is 1.96. The van der Waals surface area contributed by atoms with Gasteiger partial charge in [-0.3, -0.25) is 9.88 Å². The van der Waals surface area contributed by atoms with Crippen LogP contribution in [0.1, 0.15) is 18.4 Å². The smallest absolute Gasteiger partial charge is 0.319 e. The van der Waals surface area contributed by atoms with Crippen molar-refractivity contribution in [2.45, 2.75) is 31.3 Å². The first-order valence-corrected chi connectivity index (χ1v) is 11.3. The zero-order valence-corrected chi connectivity index (χ0v) is 18.0. The minimum Gasteiger partial charge on any atom is -0.457 e. The third kappa shape index (κ3) is 4.75. The average molecular weight is 429 g/mol. The van der Waals surface area contributed by atoms with Crippen LogP contribution < -0.4 is 15.4 Å². The summed E-state index contributed by atoms with van der Waals surface area (Å²) in [7, 11) is 0. The number of anilines is 1. The summed E-state index contributed by atoms with van der Waals surface area (Å²) in [6.07, 6.45) is 6.90. The first-order chi connectivity index (χ1) is 15.7. The number of nitrogens with zero attached hydrogens (tertiary/aromatic N) is 2. The maximum absolute atomic E-state index is 12.9. The highest BCUT2D eigenvalue weighted by atomic mass is 16.5. The average Bonchev–Trinajstić information content (AvgIpc) is 2.83. The minimum absolute atomic E-state index is 0.126. The molecule has 2 atom stereocenters. The number of fused-ring (bicyclic) bond motifs is 3. The summed E-state index contributed by atoms with van der Waals surface area (Å²) in [5.41, 5.74) is 1.92. The van der Waals surface area contributed by atoms with Crippen LogP contribution >= 0.6 is 0 Å². The summed E-state index contributed by atoms with van der Waals surface area (Å²) < 4.78 is 5.89. The van der Waals surface area contributed by atoms with Crippen molar-refractivity contribution in [2.24, 2.45) is 5.92 Å². The highest BCUT2D eigenvalue weighted by Crippen LogP contribution is 2.34. The van der Waals surface area contributed by atoms with Crippen molar-refractivity contribution >= 4 is 11.7 Å². The Balaban J connectivity index is 1.25. The predicted octanol–water partition coefficient (Wildman–Crippen LogP) is 4.70. The Morgan fingerprint density at radius 3 is 2.59 bits per heavy atom. The molecular formula is C26H28N4O2. The molecule has 3 fully saturated rings. The molecular weight excluding hydrogens is 400 g/mol. The first kappa shape index (κ1) is 20.5. The lowest BCUT2D eigenvalue weighted by molar-refractivity contribution is 0.0184. The van der Waals surface area contributed by atoms with E-state index in [9.17, 15) is 4.79 Å². The number of hydrogen-bond acceptors (Lipinski definition) is 4. The van der Waals surface area contributed by atoms with Crippen molar-refractivity contribution in [1.82, 2.24) is 15.2 Å². The maximum atomic E-state index is 12.9. The minimum atomic E-state index is -0.170. The molecule has 3 aromatic rings. The zero-order chi connectivity index (χ0) is 21.8. The van der Waals surface area contributed by atoms with E-state index >= 15 is 0 Å². The molecule has 4 heterocycles. The quantitative estimate of drug-likeness (QED) is 0.597. The maximum Gasteiger partial charge on any atom is 0.319 e. The number of carbonyl (C=O) groups excluding carboxylic acids is 1. The number of amides is 2. The van der Waals surface area contributed by atoms with Gasteiger partial charge >= 0.3 is 6.03 Å². The third-order valence-corrected chi connectivity index (χ3v) is 6.50. The fourth-order valence-corrected chi connectivity index (χ4v) is 4.96. The van der Waals surface area contributed by atoms with Gasteiger partial charge in [-0.2, -0.15) is 0 Å². The van der Waals surface area contributed by atoms with E-state index in [0.29, 0.717) is 23.4 Å². The van der Waals surface area contributed by atoms with Gasteiger partial charge < -0.3 is 15.4 Å². The van der Waals surface area contributed by atoms with Gasteiger partial charge in [0.1, 0.15) is 11.5 Å². The molecule has 1 aromatic heterocycles. The number of nitrogens with one attached hydrogen (secondary N) is 2. The van der Waals surface area contributed by atoms with Crippen molar-refractivity contribution in [3.63, 3.8) is 0 Å². The number of benzene rings is 2. The lowest BCUT2D eigenvalue weighted by Crippen LogP contribution is -2.64. The van der Waals surface area contributed by atoms with E-state index in [4.69, 9.17) is 4.74 Å². The number of urea groups is 1. The fourth-order valence-electron chi connectivity index (χ4n) is 4.96. The molecule has 0 aliphatic carbocycles. The number of aromatic nitrogens is 1. The molecule has 0 unspecified atom stereocenters. The van der Waals surface area contributed by atoms with Gasteiger partial charge in [-0.1, -0.05) is 30.3 Å². The Morgan fingerprint density at radius 1 is 1.00 bits per heavy atom. The SMILES string of the molecule is O=C(Nc1cccc(Oc2ccccc2)c1)N[C@@H]1C2CCN(CC2)[C@H]1Cc1cccnc1. The molecule has 6 rings (SSSR count). The molecule has 2 aromatic carbocycles. The van der Waals surface area contributed by atoms with E-state index in [2.05, 4.69) is 26.6 Å². The third-order valence-electron chi connectivity index (χ3n) is 6.50. The summed E-state index contributed by atoms with van der Waals surface area (Å²) in [4.78, 5) is 19.7. The topological polar surface area (TPSA) is 66.5 Å². The summed E-state index contributed by atoms with van der Waals surface area (Å²) in [5, 5.41) is 6.28. The Labute approximate surface area is 188 Å². The van der Waals surface area contributed by atoms with Crippen LogP contribution in [0.4, 0.5) is 10.5 Å². The van der Waals surface area contributed by atoms with Crippen LogP contribution in [0.15, 0.2) is 79.1 Å². The van der Waals surface area contributed by atoms with E-state index < -0.39 is 0 Å². The van der Waals surface area contributed by atoms with Crippen LogP contribution in [0.5, 0.6) is 11.5 Å². The van der Waals surface area contributed by atoms with Gasteiger partial charge in [-0.15, -0.1) is 0 Å². The zero-order valence-electron chi connectivity index (χ0n) is 18.0. The second kappa shape index (κ2) is 9.40. The Hall–Kier alpha value is -3.38. The van der Waals surface area contributed by atoms with Gasteiger partial charge in [0.05, 0.1) is 0 Å². The second-order valence-corrected chi connectivity index (χ2v) is 8.57. The highest BCUT2D eigenvalue weighted by molar-refractivity contribution is 5.89. The summed E-state index contributed by atoms with van der Waals surface area (Å²) >= 11 is 0. The van der Waals surface area contributed by atoms with E-state index in [1.807, 2.05) is 66.9 Å². The molecule has 32 heavy (non-hydrogen) atoms. The molecule has 3 aliphatic heterocycles. The number of para-hydroxylation sites is 1. The lowest BCUT2D eigenvalue weighted by Gasteiger charge is -2.51. The predicted molar refractivity (Wildman–Crippen MR) is 125 cm³/mol. The number of ether oxygens (including phenoxy) is 1. The van der Waals surface area contributed by atoms with Crippen LogP contribution in [0.2, 0.25) is 0 Å². The molecule has 0 spiro atoms. The standard InChI is InChI=1S/C26H28N4O2/c31-26(28-21-7-4-10-23(17-21)32-22-8-2-1-3-9-22)29-25-20-11-14-30(15-12-20)24(25)16-19-6-5-13-27-18-19/h1-10,13,17-18,20,24-25H,11-12,14-16H2,(H2,28,29,31)/t24-,25+/m0/s1. The van der Waals surface area contributed by atoms with Crippen molar-refractivity contribution in [3.05, 3.63) is 84.7 Å². The molecule has 2 N–H and O–H groups in total. The largest absolute Gasteiger partial charge is 0.457 e. The van der Waals surface area contributed by atoms with Crippen molar-refractivity contribution < 1.29 is 9.53 Å². The van der Waals surface area contributed by atoms with Crippen molar-refractivity contribution in [3.8, 4) is 11.5 Å². The van der Waals surface area contributed by atoms with Crippen molar-refractivity contribution in [2.75, 3.05) is 18.4 Å². The van der Waals surface area contributed by atoms with Crippen LogP contribution in [0.3, 0.4) is 0 Å². The summed E-state index contributed by atoms with van der Waals surface area (Å²) in [6.45, 7) is 2.21. The van der Waals surface area contributed by atoms with E-state index in [0.717, 1.165) is 38.1 Å². The second-order valence-electron chi connectivity index (χ2n) is 8.57. The molecule has 0 radical (unpaired) electrons. The van der Waals surface area contributed by atoms with Gasteiger partial charge in [-0.05, 0) is 74.2 Å². The molecule has 3 aliphatic rings. The monoisotopic (exact) mass is 428 g/mol. The van der Waals surface area contributed by atoms with E-state index in [-0.39, 0.29) is 12.1 Å². The van der Waals surface area contributed by atoms with Gasteiger partial charge in [-0.25, -0.2) is 4.79 Å². The molecule has 2 bridgehead atoms. The van der Waals surface area contributed by atoms with Gasteiger partial charge in [0, 0.05) is 36.2 Å². The van der Waals surface area contributed by atoms with Crippen LogP contribution in [0, 0.1) is 5.92 Å². The molecule has 164 valence electrons. The normalized spacial score (nSPS) is 24.0. The lowest BCUT2D eigenvalue weighted by atomic mass is 9.77. The Bertz CT molecular complexity index is 1040. The van der Waals surface area contributed by atoms with Gasteiger partial charge in [0.15, 0.2) is 0 Å². The number of rotatable bonds is 6. The fraction of sp³-hybridized carbons (Fsp3) is 0.308. The van der Waals surface area contributed by atoms with Crippen molar-refractivity contribution in [1.29, 1.82) is 0 Å². The molecule has 3 saturated heterocycles. The van der Waals surface area contributed by atoms with E-state index in [1.165, 1.54) is 5.56 Å². The van der Waals surface area contributed by atoms with Gasteiger partial charge in [0.25, 0.3) is 0 Å². The molecule has 2 amide bonds. The van der Waals surface area contributed by atoms with E-state index in [1.54, 1.807) is 6.20 Å². The van der Waals surface area contributed by atoms with Crippen LogP contribution in [-0.2, 0) is 6.42 Å². The summed E-state index contributed by atoms with van der Waals surface area (Å²) in [6, 6.07) is 21.5. The van der Waals surface area contributed by atoms with Crippen LogP contribution in [-0.4, -0.2) is 41.1 Å². The van der Waals surface area contributed by atoms with Crippen LogP contribution in [0.25, 0.3) is 0 Å². The molecule has 6 heteroatoms. The number of hydrogen-bond donors (Lipinski definition) is 2. The number of piperidine rings is 3. The first-order valence-electron chi connectivity index (χ1n) is 11.3. The number of pyridine rings is 1. The molecule has 6 nitrogen and oxygen atoms in total. The molecule has 0 saturated carbocycles. The van der Waals surface area contributed by atoms with Gasteiger partial charge in [0.2, 0.25) is 0 Å². The number of carbonyl (C=O) groups is 1. The Morgan fingerprint density at radius 2 is 1.81 bits per heavy atom. The Kier molecular flexibility index (Phi) is 6.03. The highest BCUT2D eigenvalue weighted by Gasteiger charge is 2.42.